The molecule has 0 saturated carbocycles. The van der Waals surface area contributed by atoms with E-state index in [1.165, 1.54) is 19.3 Å². The molecule has 0 aliphatic rings. The molecule has 1 aromatic rings. The van der Waals surface area contributed by atoms with Crippen molar-refractivity contribution >= 4 is 5.82 Å². The van der Waals surface area contributed by atoms with Gasteiger partial charge in [-0.05, 0) is 31.7 Å². The van der Waals surface area contributed by atoms with Crippen molar-refractivity contribution in [2.75, 3.05) is 5.73 Å². The van der Waals surface area contributed by atoms with Crippen LogP contribution in [0, 0.1) is 31.1 Å². The molecule has 100 valence electrons. The minimum absolute atomic E-state index is 0.641. The third kappa shape index (κ3) is 2.87. The predicted octanol–water partition coefficient (Wildman–Crippen LogP) is 3.78. The summed E-state index contributed by atoms with van der Waals surface area (Å²) < 4.78 is 2.12. The smallest absolute Gasteiger partial charge is 0.122 e. The summed E-state index contributed by atoms with van der Waals surface area (Å²) in [4.78, 5) is 0. The van der Waals surface area contributed by atoms with Gasteiger partial charge in [0, 0.05) is 12.2 Å². The maximum atomic E-state index is 9.13. The summed E-state index contributed by atoms with van der Waals surface area (Å²) in [7, 11) is 0. The molecule has 0 amide bonds. The Hall–Kier alpha value is -1.43. The second kappa shape index (κ2) is 6.49. The molecule has 0 fully saturated rings. The lowest BCUT2D eigenvalue weighted by atomic mass is 9.99. The summed E-state index contributed by atoms with van der Waals surface area (Å²) in [6, 6.07) is 2.21. The Morgan fingerprint density at radius 2 is 2.00 bits per heavy atom. The number of unbranched alkanes of at least 4 members (excludes halogenated alkanes) is 1. The number of nitrogen functional groups attached to an aromatic ring is 1. The van der Waals surface area contributed by atoms with Crippen molar-refractivity contribution in [2.24, 2.45) is 5.92 Å². The molecule has 1 atom stereocenters. The van der Waals surface area contributed by atoms with Crippen LogP contribution in [0.4, 0.5) is 5.82 Å². The third-order valence-corrected chi connectivity index (χ3v) is 3.97. The number of anilines is 1. The Labute approximate surface area is 111 Å². The SMILES string of the molecule is CCCCC(CC)Cn1c(C)c(C)c(C#N)c1N. The molecule has 3 heteroatoms. The first-order valence-corrected chi connectivity index (χ1v) is 6.91. The van der Waals surface area contributed by atoms with E-state index >= 15 is 0 Å². The Morgan fingerprint density at radius 3 is 2.44 bits per heavy atom. The van der Waals surface area contributed by atoms with Crippen molar-refractivity contribution < 1.29 is 0 Å². The van der Waals surface area contributed by atoms with Crippen molar-refractivity contribution in [3.63, 3.8) is 0 Å². The summed E-state index contributed by atoms with van der Waals surface area (Å²) >= 11 is 0. The quantitative estimate of drug-likeness (QED) is 0.831. The van der Waals surface area contributed by atoms with Crippen LogP contribution >= 0.6 is 0 Å². The van der Waals surface area contributed by atoms with Gasteiger partial charge in [-0.1, -0.05) is 33.1 Å². The molecule has 0 aliphatic heterocycles. The molecule has 3 nitrogen and oxygen atoms in total. The second-order valence-corrected chi connectivity index (χ2v) is 5.11. The van der Waals surface area contributed by atoms with Crippen molar-refractivity contribution in [3.05, 3.63) is 16.8 Å². The number of aromatic nitrogens is 1. The van der Waals surface area contributed by atoms with Crippen LogP contribution < -0.4 is 5.73 Å². The maximum absolute atomic E-state index is 9.13. The van der Waals surface area contributed by atoms with Gasteiger partial charge in [0.15, 0.2) is 0 Å². The Morgan fingerprint density at radius 1 is 1.33 bits per heavy atom. The van der Waals surface area contributed by atoms with Crippen LogP contribution in [0.25, 0.3) is 0 Å². The normalized spacial score (nSPS) is 12.4. The summed E-state index contributed by atoms with van der Waals surface area (Å²) in [5.74, 6) is 1.30. The molecule has 1 heterocycles. The van der Waals surface area contributed by atoms with Crippen LogP contribution in [-0.2, 0) is 6.54 Å². The van der Waals surface area contributed by atoms with Crippen molar-refractivity contribution in [1.82, 2.24) is 4.57 Å². The van der Waals surface area contributed by atoms with Gasteiger partial charge in [-0.2, -0.15) is 5.26 Å². The van der Waals surface area contributed by atoms with E-state index in [4.69, 9.17) is 11.0 Å². The van der Waals surface area contributed by atoms with Crippen LogP contribution in [0.1, 0.15) is 56.4 Å². The van der Waals surface area contributed by atoms with Crippen LogP contribution in [-0.4, -0.2) is 4.57 Å². The highest BCUT2D eigenvalue weighted by Crippen LogP contribution is 2.26. The molecule has 2 N–H and O–H groups in total. The lowest BCUT2D eigenvalue weighted by Crippen LogP contribution is -2.13. The maximum Gasteiger partial charge on any atom is 0.122 e. The second-order valence-electron chi connectivity index (χ2n) is 5.11. The topological polar surface area (TPSA) is 54.7 Å². The van der Waals surface area contributed by atoms with Crippen molar-refractivity contribution in [2.45, 2.75) is 59.9 Å². The number of hydrogen-bond donors (Lipinski definition) is 1. The zero-order valence-corrected chi connectivity index (χ0v) is 12.1. The van der Waals surface area contributed by atoms with E-state index in [1.54, 1.807) is 0 Å². The van der Waals surface area contributed by atoms with E-state index in [2.05, 4.69) is 31.4 Å². The standard InChI is InChI=1S/C15H25N3/c1-5-7-8-13(6-2)10-18-12(4)11(3)14(9-16)15(18)17/h13H,5-8,10,17H2,1-4H3. The average Bonchev–Trinajstić information content (AvgIpc) is 2.57. The first kappa shape index (κ1) is 14.6. The molecule has 1 aromatic heterocycles. The molecule has 0 aliphatic carbocycles. The number of nitriles is 1. The lowest BCUT2D eigenvalue weighted by molar-refractivity contribution is 0.390. The summed E-state index contributed by atoms with van der Waals surface area (Å²) in [6.07, 6.45) is 4.91. The molecule has 1 unspecified atom stereocenters. The van der Waals surface area contributed by atoms with Gasteiger partial charge < -0.3 is 10.3 Å². The van der Waals surface area contributed by atoms with E-state index < -0.39 is 0 Å². The number of hydrogen-bond acceptors (Lipinski definition) is 2. The Balaban J connectivity index is 2.93. The predicted molar refractivity (Wildman–Crippen MR) is 76.3 cm³/mol. The summed E-state index contributed by atoms with van der Waals surface area (Å²) in [5, 5.41) is 9.13. The minimum atomic E-state index is 0.641. The van der Waals surface area contributed by atoms with Gasteiger partial charge in [-0.3, -0.25) is 0 Å². The van der Waals surface area contributed by atoms with Gasteiger partial charge in [0.25, 0.3) is 0 Å². The van der Waals surface area contributed by atoms with E-state index in [0.717, 1.165) is 24.2 Å². The fraction of sp³-hybridized carbons (Fsp3) is 0.667. The van der Waals surface area contributed by atoms with Gasteiger partial charge in [0.05, 0.1) is 5.56 Å². The zero-order chi connectivity index (χ0) is 13.7. The molecule has 0 saturated heterocycles. The van der Waals surface area contributed by atoms with Crippen LogP contribution in [0.5, 0.6) is 0 Å². The molecular weight excluding hydrogens is 222 g/mol. The van der Waals surface area contributed by atoms with E-state index in [0.29, 0.717) is 17.3 Å². The van der Waals surface area contributed by atoms with Crippen molar-refractivity contribution in [1.29, 1.82) is 5.26 Å². The minimum Gasteiger partial charge on any atom is -0.384 e. The fourth-order valence-electron chi connectivity index (χ4n) is 2.44. The van der Waals surface area contributed by atoms with E-state index in [9.17, 15) is 0 Å². The monoisotopic (exact) mass is 247 g/mol. The highest BCUT2D eigenvalue weighted by Gasteiger charge is 2.17. The van der Waals surface area contributed by atoms with Gasteiger partial charge in [0.2, 0.25) is 0 Å². The van der Waals surface area contributed by atoms with Gasteiger partial charge in [-0.25, -0.2) is 0 Å². The lowest BCUT2D eigenvalue weighted by Gasteiger charge is -2.18. The zero-order valence-electron chi connectivity index (χ0n) is 12.1. The average molecular weight is 247 g/mol. The van der Waals surface area contributed by atoms with Gasteiger partial charge in [-0.15, -0.1) is 0 Å². The highest BCUT2D eigenvalue weighted by atomic mass is 15.1. The first-order chi connectivity index (χ1) is 8.56. The molecular formula is C15H25N3. The summed E-state index contributed by atoms with van der Waals surface area (Å²) in [6.45, 7) is 9.43. The van der Waals surface area contributed by atoms with Crippen LogP contribution in [0.15, 0.2) is 0 Å². The molecule has 18 heavy (non-hydrogen) atoms. The first-order valence-electron chi connectivity index (χ1n) is 6.91. The highest BCUT2D eigenvalue weighted by molar-refractivity contribution is 5.57. The van der Waals surface area contributed by atoms with E-state index in [1.807, 2.05) is 6.92 Å². The number of rotatable bonds is 6. The van der Waals surface area contributed by atoms with Gasteiger partial charge in [0.1, 0.15) is 11.9 Å². The van der Waals surface area contributed by atoms with Crippen LogP contribution in [0.3, 0.4) is 0 Å². The Kier molecular flexibility index (Phi) is 5.27. The molecule has 0 aromatic carbocycles. The largest absolute Gasteiger partial charge is 0.384 e. The summed E-state index contributed by atoms with van der Waals surface area (Å²) in [5.41, 5.74) is 8.90. The number of nitrogens with zero attached hydrogens (tertiary/aromatic N) is 2. The van der Waals surface area contributed by atoms with E-state index in [-0.39, 0.29) is 0 Å². The fourth-order valence-corrected chi connectivity index (χ4v) is 2.44. The molecule has 0 spiro atoms. The van der Waals surface area contributed by atoms with Crippen molar-refractivity contribution in [3.8, 4) is 6.07 Å². The molecule has 0 radical (unpaired) electrons. The van der Waals surface area contributed by atoms with Crippen LogP contribution in [0.2, 0.25) is 0 Å². The third-order valence-electron chi connectivity index (χ3n) is 3.97. The Bertz CT molecular complexity index is 438. The molecule has 1 rings (SSSR count). The number of nitrogens with two attached hydrogens (primary N) is 1. The molecule has 0 bridgehead atoms. The van der Waals surface area contributed by atoms with Gasteiger partial charge >= 0.3 is 0 Å².